The number of aryl methyl sites for hydroxylation is 2. The van der Waals surface area contributed by atoms with Gasteiger partial charge < -0.3 is 4.79 Å². The summed E-state index contributed by atoms with van der Waals surface area (Å²) in [5, 5.41) is 7.88. The van der Waals surface area contributed by atoms with Crippen LogP contribution in [0.3, 0.4) is 0 Å². The smallest absolute Gasteiger partial charge is 0.132 e. The van der Waals surface area contributed by atoms with Gasteiger partial charge in [0.1, 0.15) is 12.1 Å². The van der Waals surface area contributed by atoms with Gasteiger partial charge in [0, 0.05) is 32.0 Å². The van der Waals surface area contributed by atoms with Gasteiger partial charge in [-0.25, -0.2) is 0 Å². The number of hydrogen-bond donors (Lipinski definition) is 0. The Hall–Kier alpha value is -1.52. The highest BCUT2D eigenvalue weighted by molar-refractivity contribution is 5.77. The number of nitrogens with zero attached hydrogens (tertiary/aromatic N) is 3. The maximum atomic E-state index is 11.0. The maximum absolute atomic E-state index is 11.0. The molecule has 192 valence electrons. The van der Waals surface area contributed by atoms with Crippen LogP contribution in [0.5, 0.6) is 0 Å². The van der Waals surface area contributed by atoms with E-state index in [0.29, 0.717) is 12.2 Å². The SMILES string of the molecule is CC.CC.CC.CCC(=O)CCCCCn1cc(C)nn1.CCCCCCCCCC=O. The van der Waals surface area contributed by atoms with Gasteiger partial charge in [0.05, 0.1) is 5.69 Å². The first-order valence-corrected chi connectivity index (χ1v) is 13.5. The van der Waals surface area contributed by atoms with E-state index < -0.39 is 0 Å². The Morgan fingerprint density at radius 3 is 1.84 bits per heavy atom. The van der Waals surface area contributed by atoms with Gasteiger partial charge >= 0.3 is 0 Å². The number of aromatic nitrogens is 3. The topological polar surface area (TPSA) is 64.8 Å². The molecule has 1 aromatic rings. The van der Waals surface area contributed by atoms with Crippen LogP contribution in [0.1, 0.15) is 145 Å². The molecule has 5 heteroatoms. The Morgan fingerprint density at radius 1 is 0.844 bits per heavy atom. The van der Waals surface area contributed by atoms with Gasteiger partial charge in [0.2, 0.25) is 0 Å². The van der Waals surface area contributed by atoms with Crippen LogP contribution in [0.15, 0.2) is 6.20 Å². The predicted molar refractivity (Wildman–Crippen MR) is 141 cm³/mol. The summed E-state index contributed by atoms with van der Waals surface area (Å²) in [6, 6.07) is 0. The van der Waals surface area contributed by atoms with E-state index in [-0.39, 0.29) is 0 Å². The van der Waals surface area contributed by atoms with E-state index in [2.05, 4.69) is 17.2 Å². The predicted octanol–water partition coefficient (Wildman–Crippen LogP) is 8.53. The molecule has 5 nitrogen and oxygen atoms in total. The number of unbranched alkanes of at least 4 members (excludes halogenated alkanes) is 9. The second kappa shape index (κ2) is 36.8. The van der Waals surface area contributed by atoms with Crippen molar-refractivity contribution in [3.8, 4) is 0 Å². The largest absolute Gasteiger partial charge is 0.303 e. The highest BCUT2D eigenvalue weighted by Gasteiger charge is 1.99. The summed E-state index contributed by atoms with van der Waals surface area (Å²) in [4.78, 5) is 21.0. The molecule has 1 heterocycles. The summed E-state index contributed by atoms with van der Waals surface area (Å²) >= 11 is 0. The number of carbonyl (C=O) groups is 2. The Balaban J connectivity index is -0.000000204. The van der Waals surface area contributed by atoms with Crippen molar-refractivity contribution in [2.45, 2.75) is 152 Å². The van der Waals surface area contributed by atoms with Crippen LogP contribution >= 0.6 is 0 Å². The van der Waals surface area contributed by atoms with Gasteiger partial charge in [-0.05, 0) is 26.2 Å². The van der Waals surface area contributed by atoms with Crippen molar-refractivity contribution < 1.29 is 9.59 Å². The van der Waals surface area contributed by atoms with E-state index in [1.807, 2.05) is 66.3 Å². The van der Waals surface area contributed by atoms with Crippen LogP contribution in [0.2, 0.25) is 0 Å². The van der Waals surface area contributed by atoms with Gasteiger partial charge in [-0.2, -0.15) is 0 Å². The van der Waals surface area contributed by atoms with Crippen molar-refractivity contribution in [1.29, 1.82) is 0 Å². The molecule has 0 unspecified atom stereocenters. The number of aldehydes is 1. The first kappa shape index (κ1) is 37.8. The van der Waals surface area contributed by atoms with Crippen molar-refractivity contribution in [3.63, 3.8) is 0 Å². The molecule has 0 aliphatic heterocycles. The Morgan fingerprint density at radius 2 is 1.38 bits per heavy atom. The molecule has 0 saturated carbocycles. The Labute approximate surface area is 201 Å². The third-order valence-electron chi connectivity index (χ3n) is 4.32. The monoisotopic (exact) mass is 455 g/mol. The van der Waals surface area contributed by atoms with Crippen molar-refractivity contribution in [1.82, 2.24) is 15.0 Å². The molecule has 0 aliphatic rings. The lowest BCUT2D eigenvalue weighted by Crippen LogP contribution is -2.00. The number of hydrogen-bond acceptors (Lipinski definition) is 4. The zero-order valence-corrected chi connectivity index (χ0v) is 23.2. The summed E-state index contributed by atoms with van der Waals surface area (Å²) in [7, 11) is 0. The van der Waals surface area contributed by atoms with Crippen molar-refractivity contribution in [2.75, 3.05) is 0 Å². The lowest BCUT2D eigenvalue weighted by atomic mass is 10.1. The molecule has 0 radical (unpaired) electrons. The van der Waals surface area contributed by atoms with E-state index in [1.165, 1.54) is 38.5 Å². The second-order valence-corrected chi connectivity index (χ2v) is 6.90. The molecule has 0 N–H and O–H groups in total. The highest BCUT2D eigenvalue weighted by Crippen LogP contribution is 2.07. The molecule has 0 aliphatic carbocycles. The maximum Gasteiger partial charge on any atom is 0.132 e. The molecule has 32 heavy (non-hydrogen) atoms. The average molecular weight is 456 g/mol. The molecule has 0 fully saturated rings. The van der Waals surface area contributed by atoms with Gasteiger partial charge in [-0.1, -0.05) is 106 Å². The quantitative estimate of drug-likeness (QED) is 0.196. The summed E-state index contributed by atoms with van der Waals surface area (Å²) in [5.41, 5.74) is 0.955. The fourth-order valence-electron chi connectivity index (χ4n) is 2.64. The van der Waals surface area contributed by atoms with Gasteiger partial charge in [-0.15, -0.1) is 5.10 Å². The van der Waals surface area contributed by atoms with Crippen LogP contribution < -0.4 is 0 Å². The second-order valence-electron chi connectivity index (χ2n) is 6.90. The molecule has 0 amide bonds. The van der Waals surface area contributed by atoms with Crippen LogP contribution in [0, 0.1) is 6.92 Å². The lowest BCUT2D eigenvalue weighted by molar-refractivity contribution is -0.118. The number of ketones is 1. The first-order valence-electron chi connectivity index (χ1n) is 13.5. The molecule has 0 bridgehead atoms. The lowest BCUT2D eigenvalue weighted by Gasteiger charge is -2.00. The molecule has 0 spiro atoms. The normalized spacial score (nSPS) is 8.91. The third-order valence-corrected chi connectivity index (χ3v) is 4.32. The molecular weight excluding hydrogens is 398 g/mol. The van der Waals surface area contributed by atoms with Gasteiger partial charge in [0.15, 0.2) is 0 Å². The van der Waals surface area contributed by atoms with Crippen LogP contribution in [-0.4, -0.2) is 27.1 Å². The number of Topliss-reactive ketones (excluding diaryl/α,β-unsaturated/α-hetero) is 1. The number of carbonyl (C=O) groups excluding carboxylic acids is 2. The zero-order valence-electron chi connectivity index (χ0n) is 23.2. The third kappa shape index (κ3) is 33.1. The summed E-state index contributed by atoms with van der Waals surface area (Å²) in [6.45, 7) is 19.0. The van der Waals surface area contributed by atoms with E-state index in [1.54, 1.807) is 0 Å². The summed E-state index contributed by atoms with van der Waals surface area (Å²) < 4.78 is 1.86. The van der Waals surface area contributed by atoms with Crippen LogP contribution in [0.4, 0.5) is 0 Å². The van der Waals surface area contributed by atoms with Crippen LogP contribution in [-0.2, 0) is 16.1 Å². The van der Waals surface area contributed by atoms with E-state index in [9.17, 15) is 9.59 Å². The van der Waals surface area contributed by atoms with Gasteiger partial charge in [-0.3, -0.25) is 9.48 Å². The molecule has 0 saturated heterocycles. The summed E-state index contributed by atoms with van der Waals surface area (Å²) in [6.07, 6.45) is 17.3. The molecule has 0 atom stereocenters. The van der Waals surface area contributed by atoms with Gasteiger partial charge in [0.25, 0.3) is 0 Å². The molecule has 1 aromatic heterocycles. The zero-order chi connectivity index (χ0) is 25.5. The van der Waals surface area contributed by atoms with E-state index >= 15 is 0 Å². The van der Waals surface area contributed by atoms with E-state index in [4.69, 9.17) is 0 Å². The minimum Gasteiger partial charge on any atom is -0.303 e. The molecule has 1 rings (SSSR count). The highest BCUT2D eigenvalue weighted by atomic mass is 16.1. The van der Waals surface area contributed by atoms with Crippen LogP contribution in [0.25, 0.3) is 0 Å². The average Bonchev–Trinajstić information content (AvgIpc) is 3.27. The Kier molecular flexibility index (Phi) is 43.5. The fourth-order valence-corrected chi connectivity index (χ4v) is 2.64. The van der Waals surface area contributed by atoms with Crippen molar-refractivity contribution >= 4 is 12.1 Å². The summed E-state index contributed by atoms with van der Waals surface area (Å²) in [5.74, 6) is 0.367. The fraction of sp³-hybridized carbons (Fsp3) is 0.852. The molecular formula is C27H57N3O2. The minimum atomic E-state index is 0.367. The Bertz CT molecular complexity index is 460. The van der Waals surface area contributed by atoms with Crippen molar-refractivity contribution in [3.05, 3.63) is 11.9 Å². The van der Waals surface area contributed by atoms with Crippen molar-refractivity contribution in [2.24, 2.45) is 0 Å². The first-order chi connectivity index (χ1) is 15.6. The standard InChI is InChI=1S/C11H19N3O.C10H20O.3C2H6/c1-3-11(15)7-5-4-6-8-14-9-10(2)12-13-14;1-2-3-4-5-6-7-8-9-10-11;3*1-2/h9H,3-8H2,1-2H3;10H,2-9H2,1H3;3*1-2H3. The van der Waals surface area contributed by atoms with E-state index in [0.717, 1.165) is 57.0 Å². The minimum absolute atomic E-state index is 0.367. The molecule has 0 aromatic carbocycles. The number of rotatable bonds is 15.